The van der Waals surface area contributed by atoms with Crippen LogP contribution in [0.15, 0.2) is 29.9 Å². The molecule has 0 fully saturated rings. The fourth-order valence-electron chi connectivity index (χ4n) is 2.03. The lowest BCUT2D eigenvalue weighted by molar-refractivity contribution is 0.234. The molecule has 0 radical (unpaired) electrons. The van der Waals surface area contributed by atoms with Gasteiger partial charge in [-0.15, -0.1) is 12.4 Å². The van der Waals surface area contributed by atoms with E-state index in [2.05, 4.69) is 0 Å². The van der Waals surface area contributed by atoms with Crippen LogP contribution in [0.25, 0.3) is 6.08 Å². The average molecular weight is 297 g/mol. The number of halogens is 1. The molecule has 0 unspecified atom stereocenters. The second kappa shape index (κ2) is 6.98. The third-order valence-corrected chi connectivity index (χ3v) is 2.97. The molecule has 3 N–H and O–H groups in total. The van der Waals surface area contributed by atoms with Gasteiger partial charge in [-0.05, 0) is 41.3 Å². The number of rotatable bonds is 4. The lowest BCUT2D eigenvalue weighted by atomic mass is 10.1. The van der Waals surface area contributed by atoms with Gasteiger partial charge in [-0.25, -0.2) is 0 Å². The summed E-state index contributed by atoms with van der Waals surface area (Å²) in [6, 6.07) is 3.89. The van der Waals surface area contributed by atoms with Crippen molar-refractivity contribution in [2.75, 3.05) is 14.2 Å². The van der Waals surface area contributed by atoms with Gasteiger partial charge >= 0.3 is 0 Å². The summed E-state index contributed by atoms with van der Waals surface area (Å²) in [5, 5.41) is 15.8. The molecule has 6 heteroatoms. The van der Waals surface area contributed by atoms with Crippen molar-refractivity contribution in [3.05, 3.63) is 41.0 Å². The van der Waals surface area contributed by atoms with E-state index in [-0.39, 0.29) is 18.2 Å². The monoisotopic (exact) mass is 296 g/mol. The molecule has 0 heterocycles. The largest absolute Gasteiger partial charge is 0.493 e. The molecule has 1 aliphatic rings. The highest BCUT2D eigenvalue weighted by Gasteiger charge is 2.15. The summed E-state index contributed by atoms with van der Waals surface area (Å²) < 4.78 is 10.5. The lowest BCUT2D eigenvalue weighted by Crippen LogP contribution is -2.14. The van der Waals surface area contributed by atoms with Crippen molar-refractivity contribution in [2.24, 2.45) is 0 Å². The Bertz CT molecular complexity index is 568. The Hall–Kier alpha value is -1.98. The smallest absolute Gasteiger partial charge is 0.161 e. The summed E-state index contributed by atoms with van der Waals surface area (Å²) in [5.74, 6) is 1.36. The molecule has 0 atom stereocenters. The quantitative estimate of drug-likeness (QED) is 0.453. The van der Waals surface area contributed by atoms with Gasteiger partial charge in [-0.1, -0.05) is 12.2 Å². The zero-order valence-electron chi connectivity index (χ0n) is 11.3. The lowest BCUT2D eigenvalue weighted by Gasteiger charge is -2.09. The van der Waals surface area contributed by atoms with E-state index in [1.165, 1.54) is 6.08 Å². The summed E-state index contributed by atoms with van der Waals surface area (Å²) in [6.07, 6.45) is 6.10. The van der Waals surface area contributed by atoms with Crippen molar-refractivity contribution >= 4 is 24.3 Å². The van der Waals surface area contributed by atoms with E-state index in [1.807, 2.05) is 18.2 Å². The summed E-state index contributed by atoms with van der Waals surface area (Å²) in [5.41, 5.74) is 5.07. The number of allylic oxidation sites excluding steroid dienone is 2. The van der Waals surface area contributed by atoms with E-state index in [9.17, 15) is 0 Å². The zero-order valence-corrected chi connectivity index (χ0v) is 12.1. The number of fused-ring (bicyclic) bond motifs is 1. The summed E-state index contributed by atoms with van der Waals surface area (Å²) in [4.78, 5) is 0. The van der Waals surface area contributed by atoms with E-state index >= 15 is 0 Å². The van der Waals surface area contributed by atoms with Crippen LogP contribution in [0.3, 0.4) is 0 Å². The van der Waals surface area contributed by atoms with Crippen LogP contribution in [0.2, 0.25) is 0 Å². The van der Waals surface area contributed by atoms with E-state index in [4.69, 9.17) is 20.1 Å². The Morgan fingerprint density at radius 2 is 1.95 bits per heavy atom. The third kappa shape index (κ3) is 3.31. The summed E-state index contributed by atoms with van der Waals surface area (Å²) in [6.45, 7) is 0. The second-order valence-electron chi connectivity index (χ2n) is 4.16. The maximum Gasteiger partial charge on any atom is 0.161 e. The molecule has 1 aromatic rings. The van der Waals surface area contributed by atoms with Gasteiger partial charge < -0.3 is 9.47 Å². The van der Waals surface area contributed by atoms with Gasteiger partial charge in [0.2, 0.25) is 0 Å². The van der Waals surface area contributed by atoms with E-state index < -0.39 is 0 Å². The second-order valence-corrected chi connectivity index (χ2v) is 4.16. The highest BCUT2D eigenvalue weighted by molar-refractivity contribution is 5.90. The topological polar surface area (TPSA) is 74.6 Å². The standard InChI is InChI=1S/C14H16N2O3.ClH/c1-18-12-7-10-5-9(3-4-14(15)16-17)6-11(10)8-13(12)19-2;/h3-5,7-8,17H,6H2,1-2H3,(H2,15,16);1H. The molecule has 0 aromatic heterocycles. The van der Waals surface area contributed by atoms with Gasteiger partial charge in [-0.2, -0.15) is 0 Å². The zero-order chi connectivity index (χ0) is 13.8. The normalized spacial score (nSPS) is 12.4. The number of ether oxygens (including phenoxy) is 2. The number of methoxy groups -OCH3 is 2. The molecule has 20 heavy (non-hydrogen) atoms. The Labute approximate surface area is 123 Å². The summed E-state index contributed by atoms with van der Waals surface area (Å²) >= 11 is 0. The van der Waals surface area contributed by atoms with Crippen molar-refractivity contribution in [3.8, 4) is 11.5 Å². The van der Waals surface area contributed by atoms with Crippen molar-refractivity contribution in [2.45, 2.75) is 6.42 Å². The van der Waals surface area contributed by atoms with Crippen molar-refractivity contribution in [1.29, 1.82) is 5.41 Å². The molecule has 0 saturated carbocycles. The molecular formula is C14H17ClN2O3. The van der Waals surface area contributed by atoms with E-state index in [1.54, 1.807) is 25.8 Å². The van der Waals surface area contributed by atoms with Crippen LogP contribution in [-0.2, 0) is 6.42 Å². The fourth-order valence-corrected chi connectivity index (χ4v) is 2.03. The van der Waals surface area contributed by atoms with Crippen LogP contribution >= 0.6 is 12.4 Å². The van der Waals surface area contributed by atoms with Crippen LogP contribution in [0.5, 0.6) is 11.5 Å². The molecule has 0 bridgehead atoms. The van der Waals surface area contributed by atoms with Gasteiger partial charge in [0.15, 0.2) is 11.5 Å². The van der Waals surface area contributed by atoms with Crippen LogP contribution in [0, 0.1) is 5.41 Å². The van der Waals surface area contributed by atoms with Crippen LogP contribution in [0.4, 0.5) is 0 Å². The molecular weight excluding hydrogens is 280 g/mol. The molecule has 1 aliphatic carbocycles. The molecule has 1 aromatic carbocycles. The summed E-state index contributed by atoms with van der Waals surface area (Å²) in [7, 11) is 3.22. The minimum atomic E-state index is -0.0491. The number of hydrogen-bond donors (Lipinski definition) is 3. The van der Waals surface area contributed by atoms with Gasteiger partial charge in [0.1, 0.15) is 5.84 Å². The number of benzene rings is 1. The van der Waals surface area contributed by atoms with Crippen LogP contribution in [-0.4, -0.2) is 25.3 Å². The van der Waals surface area contributed by atoms with Gasteiger partial charge in [0.05, 0.1) is 14.2 Å². The number of hydroxylamine groups is 1. The first-order valence-electron chi connectivity index (χ1n) is 5.80. The first-order valence-corrected chi connectivity index (χ1v) is 5.80. The van der Waals surface area contributed by atoms with Crippen LogP contribution < -0.4 is 15.0 Å². The first kappa shape index (κ1) is 16.1. The minimum Gasteiger partial charge on any atom is -0.493 e. The molecule has 5 nitrogen and oxygen atoms in total. The Morgan fingerprint density at radius 1 is 1.30 bits per heavy atom. The Balaban J connectivity index is 0.00000200. The molecule has 2 rings (SSSR count). The maximum atomic E-state index is 8.54. The number of amidine groups is 1. The van der Waals surface area contributed by atoms with Crippen molar-refractivity contribution in [3.63, 3.8) is 0 Å². The minimum absolute atomic E-state index is 0. The van der Waals surface area contributed by atoms with E-state index in [0.717, 1.165) is 23.1 Å². The molecule has 0 spiro atoms. The van der Waals surface area contributed by atoms with Crippen LogP contribution in [0.1, 0.15) is 11.1 Å². The van der Waals surface area contributed by atoms with E-state index in [0.29, 0.717) is 11.5 Å². The Morgan fingerprint density at radius 3 is 2.55 bits per heavy atom. The average Bonchev–Trinajstić information content (AvgIpc) is 2.84. The highest BCUT2D eigenvalue weighted by atomic mass is 35.5. The van der Waals surface area contributed by atoms with Crippen molar-refractivity contribution < 1.29 is 14.7 Å². The molecule has 108 valence electrons. The van der Waals surface area contributed by atoms with Crippen molar-refractivity contribution in [1.82, 2.24) is 5.48 Å². The highest BCUT2D eigenvalue weighted by Crippen LogP contribution is 2.36. The molecule has 0 aliphatic heterocycles. The Kier molecular flexibility index (Phi) is 5.61. The van der Waals surface area contributed by atoms with Gasteiger partial charge in [-0.3, -0.25) is 16.1 Å². The molecule has 0 saturated heterocycles. The third-order valence-electron chi connectivity index (χ3n) is 2.97. The molecule has 0 amide bonds. The first-order chi connectivity index (χ1) is 9.17. The SMILES string of the molecule is COc1cc2c(cc1OC)CC(C=CC(=N)NO)=C2.Cl. The number of hydrogen-bond acceptors (Lipinski definition) is 4. The predicted octanol–water partition coefficient (Wildman–Crippen LogP) is 2.58. The van der Waals surface area contributed by atoms with Gasteiger partial charge in [0.25, 0.3) is 0 Å². The predicted molar refractivity (Wildman–Crippen MR) is 80.3 cm³/mol. The maximum absolute atomic E-state index is 8.54. The van der Waals surface area contributed by atoms with Gasteiger partial charge in [0, 0.05) is 0 Å². The number of nitrogens with one attached hydrogen (secondary N) is 2. The fraction of sp³-hybridized carbons (Fsp3) is 0.214.